The number of benzene rings is 1. The van der Waals surface area contributed by atoms with Crippen LogP contribution in [0.2, 0.25) is 5.02 Å². The summed E-state index contributed by atoms with van der Waals surface area (Å²) >= 11 is 6.25. The van der Waals surface area contributed by atoms with Crippen molar-refractivity contribution in [2.75, 3.05) is 0 Å². The lowest BCUT2D eigenvalue weighted by atomic mass is 9.84. The number of H-pyrrole nitrogens is 1. The van der Waals surface area contributed by atoms with E-state index in [1.807, 2.05) is 6.07 Å². The Morgan fingerprint density at radius 1 is 1.41 bits per heavy atom. The second-order valence-electron chi connectivity index (χ2n) is 5.01. The van der Waals surface area contributed by atoms with Crippen molar-refractivity contribution in [2.24, 2.45) is 5.73 Å². The van der Waals surface area contributed by atoms with Gasteiger partial charge in [-0.1, -0.05) is 29.8 Å². The zero-order valence-electron chi connectivity index (χ0n) is 11.7. The average Bonchev–Trinajstić information content (AvgIpc) is 2.46. The minimum Gasteiger partial charge on any atom is -0.440 e. The fraction of sp³-hybridized carbons (Fsp3) is 0.125. The fourth-order valence-electron chi connectivity index (χ4n) is 2.63. The highest BCUT2D eigenvalue weighted by Gasteiger charge is 2.34. The summed E-state index contributed by atoms with van der Waals surface area (Å²) in [5.74, 6) is -0.306. The maximum atomic E-state index is 12.4. The predicted molar refractivity (Wildman–Crippen MR) is 82.5 cm³/mol. The second-order valence-corrected chi connectivity index (χ2v) is 5.41. The Kier molecular flexibility index (Phi) is 3.39. The standard InChI is InChI=1S/C16H12ClN3O2/c1-8-6-12-14(16(21)20-8)13(10(7-18)15(19)22-12)9-4-2-3-5-11(9)17/h2-6,13H,19H2,1H3,(H,20,21)/t13-/m1/s1. The van der Waals surface area contributed by atoms with Gasteiger partial charge in [-0.2, -0.15) is 5.26 Å². The maximum Gasteiger partial charge on any atom is 0.256 e. The molecule has 0 bridgehead atoms. The summed E-state index contributed by atoms with van der Waals surface area (Å²) < 4.78 is 5.46. The Hall–Kier alpha value is -2.71. The van der Waals surface area contributed by atoms with Crippen LogP contribution in [0.3, 0.4) is 0 Å². The molecule has 1 aromatic carbocycles. The van der Waals surface area contributed by atoms with Crippen molar-refractivity contribution in [1.82, 2.24) is 4.98 Å². The Balaban J connectivity index is 2.35. The molecule has 0 spiro atoms. The first kappa shape index (κ1) is 14.2. The monoisotopic (exact) mass is 313 g/mol. The number of aromatic amines is 1. The average molecular weight is 314 g/mol. The molecule has 0 amide bonds. The molecular formula is C16H12ClN3O2. The minimum absolute atomic E-state index is 0.00933. The van der Waals surface area contributed by atoms with E-state index in [1.165, 1.54) is 0 Å². The van der Waals surface area contributed by atoms with Gasteiger partial charge in [0.25, 0.3) is 5.56 Å². The lowest BCUT2D eigenvalue weighted by molar-refractivity contribution is 0.391. The van der Waals surface area contributed by atoms with Gasteiger partial charge in [-0.3, -0.25) is 4.79 Å². The minimum atomic E-state index is -0.646. The summed E-state index contributed by atoms with van der Waals surface area (Å²) in [7, 11) is 0. The molecule has 2 aromatic rings. The third-order valence-corrected chi connectivity index (χ3v) is 3.91. The summed E-state index contributed by atoms with van der Waals surface area (Å²) in [5, 5.41) is 9.89. The number of pyridine rings is 1. The Morgan fingerprint density at radius 3 is 2.82 bits per heavy atom. The largest absolute Gasteiger partial charge is 0.440 e. The number of nitrogens with one attached hydrogen (secondary N) is 1. The van der Waals surface area contributed by atoms with Gasteiger partial charge < -0.3 is 15.5 Å². The molecule has 0 fully saturated rings. The molecule has 2 heterocycles. The SMILES string of the molecule is Cc1cc2c(c(=O)[nH]1)[C@H](c1ccccc1Cl)C(C#N)=C(N)O2. The highest BCUT2D eigenvalue weighted by Crippen LogP contribution is 2.42. The van der Waals surface area contributed by atoms with Gasteiger partial charge in [0.1, 0.15) is 17.4 Å². The number of rotatable bonds is 1. The van der Waals surface area contributed by atoms with Crippen molar-refractivity contribution in [3.8, 4) is 11.8 Å². The van der Waals surface area contributed by atoms with E-state index in [2.05, 4.69) is 4.98 Å². The first-order chi connectivity index (χ1) is 10.5. The van der Waals surface area contributed by atoms with Crippen molar-refractivity contribution in [1.29, 1.82) is 5.26 Å². The van der Waals surface area contributed by atoms with Crippen molar-refractivity contribution >= 4 is 11.6 Å². The van der Waals surface area contributed by atoms with Gasteiger partial charge in [-0.15, -0.1) is 0 Å². The molecule has 5 nitrogen and oxygen atoms in total. The van der Waals surface area contributed by atoms with Crippen molar-refractivity contribution in [3.63, 3.8) is 0 Å². The van der Waals surface area contributed by atoms with E-state index in [4.69, 9.17) is 22.1 Å². The molecule has 0 radical (unpaired) electrons. The zero-order chi connectivity index (χ0) is 15.9. The molecule has 110 valence electrons. The molecular weight excluding hydrogens is 302 g/mol. The summed E-state index contributed by atoms with van der Waals surface area (Å²) in [5.41, 5.74) is 7.35. The molecule has 0 saturated carbocycles. The first-order valence-corrected chi connectivity index (χ1v) is 6.96. The van der Waals surface area contributed by atoms with Crippen LogP contribution in [-0.2, 0) is 0 Å². The van der Waals surface area contributed by atoms with E-state index in [1.54, 1.807) is 37.3 Å². The first-order valence-electron chi connectivity index (χ1n) is 6.58. The van der Waals surface area contributed by atoms with E-state index in [0.29, 0.717) is 27.6 Å². The van der Waals surface area contributed by atoms with Gasteiger partial charge in [-0.25, -0.2) is 0 Å². The van der Waals surface area contributed by atoms with E-state index in [-0.39, 0.29) is 17.0 Å². The van der Waals surface area contributed by atoms with Crippen LogP contribution in [0.4, 0.5) is 0 Å². The molecule has 1 aliphatic heterocycles. The second kappa shape index (κ2) is 5.24. The summed E-state index contributed by atoms with van der Waals surface area (Å²) in [6, 6.07) is 10.8. The maximum absolute atomic E-state index is 12.4. The highest BCUT2D eigenvalue weighted by atomic mass is 35.5. The number of allylic oxidation sites excluding steroid dienone is 1. The number of fused-ring (bicyclic) bond motifs is 1. The molecule has 0 saturated heterocycles. The lowest BCUT2D eigenvalue weighted by Gasteiger charge is -2.26. The van der Waals surface area contributed by atoms with Gasteiger partial charge in [0.15, 0.2) is 0 Å². The van der Waals surface area contributed by atoms with Crippen LogP contribution in [0.5, 0.6) is 5.75 Å². The van der Waals surface area contributed by atoms with Gasteiger partial charge in [-0.05, 0) is 18.6 Å². The van der Waals surface area contributed by atoms with Gasteiger partial charge in [0.2, 0.25) is 5.88 Å². The third-order valence-electron chi connectivity index (χ3n) is 3.57. The van der Waals surface area contributed by atoms with Crippen molar-refractivity contribution in [2.45, 2.75) is 12.8 Å². The molecule has 1 aliphatic rings. The smallest absolute Gasteiger partial charge is 0.256 e. The highest BCUT2D eigenvalue weighted by molar-refractivity contribution is 6.31. The Labute approximate surface area is 131 Å². The van der Waals surface area contributed by atoms with Crippen LogP contribution in [0.25, 0.3) is 0 Å². The summed E-state index contributed by atoms with van der Waals surface area (Å²) in [4.78, 5) is 15.1. The molecule has 0 unspecified atom stereocenters. The number of nitrogens with zero attached hydrogens (tertiary/aromatic N) is 1. The summed E-state index contributed by atoms with van der Waals surface area (Å²) in [6.45, 7) is 1.75. The van der Waals surface area contributed by atoms with E-state index in [0.717, 1.165) is 0 Å². The zero-order valence-corrected chi connectivity index (χ0v) is 12.4. The van der Waals surface area contributed by atoms with Crippen LogP contribution in [0.15, 0.2) is 46.6 Å². The molecule has 1 atom stereocenters. The van der Waals surface area contributed by atoms with Gasteiger partial charge >= 0.3 is 0 Å². The van der Waals surface area contributed by atoms with Crippen molar-refractivity contribution < 1.29 is 4.74 Å². The molecule has 3 rings (SSSR count). The van der Waals surface area contributed by atoms with E-state index in [9.17, 15) is 10.1 Å². The van der Waals surface area contributed by atoms with E-state index >= 15 is 0 Å². The van der Waals surface area contributed by atoms with Gasteiger partial charge in [0.05, 0.1) is 11.5 Å². The number of nitrogens with two attached hydrogens (primary N) is 1. The fourth-order valence-corrected chi connectivity index (χ4v) is 2.87. The van der Waals surface area contributed by atoms with Crippen LogP contribution in [0.1, 0.15) is 22.7 Å². The quantitative estimate of drug-likeness (QED) is 0.846. The van der Waals surface area contributed by atoms with Crippen LogP contribution in [-0.4, -0.2) is 4.98 Å². The van der Waals surface area contributed by atoms with Crippen LogP contribution in [0, 0.1) is 18.3 Å². The molecule has 1 aromatic heterocycles. The molecule has 22 heavy (non-hydrogen) atoms. The van der Waals surface area contributed by atoms with Gasteiger partial charge in [0, 0.05) is 16.8 Å². The van der Waals surface area contributed by atoms with E-state index < -0.39 is 5.92 Å². The number of halogens is 1. The van der Waals surface area contributed by atoms with Crippen molar-refractivity contribution in [3.05, 3.63) is 74.0 Å². The number of ether oxygens (including phenoxy) is 1. The normalized spacial score (nSPS) is 16.7. The molecule has 0 aliphatic carbocycles. The third kappa shape index (κ3) is 2.14. The topological polar surface area (TPSA) is 91.9 Å². The number of hydrogen-bond donors (Lipinski definition) is 2. The predicted octanol–water partition coefficient (Wildman–Crippen LogP) is 2.55. The Morgan fingerprint density at radius 2 is 2.14 bits per heavy atom. The lowest BCUT2D eigenvalue weighted by Crippen LogP contribution is -2.28. The van der Waals surface area contributed by atoms with Crippen LogP contribution < -0.4 is 16.0 Å². The molecule has 6 heteroatoms. The van der Waals surface area contributed by atoms with Crippen LogP contribution >= 0.6 is 11.6 Å². The number of hydrogen-bond acceptors (Lipinski definition) is 4. The number of nitriles is 1. The molecule has 3 N–H and O–H groups in total. The number of aromatic nitrogens is 1. The number of aryl methyl sites for hydroxylation is 1. The Bertz CT molecular complexity index is 893. The summed E-state index contributed by atoms with van der Waals surface area (Å²) in [6.07, 6.45) is 0.